The van der Waals surface area contributed by atoms with Crippen LogP contribution in [0.25, 0.3) is 0 Å². The second-order valence-electron chi connectivity index (χ2n) is 6.92. The van der Waals surface area contributed by atoms with Crippen LogP contribution in [0.5, 0.6) is 0 Å². The molecule has 1 atom stereocenters. The fourth-order valence-electron chi connectivity index (χ4n) is 2.43. The number of nitrogens with one attached hydrogen (secondary N) is 2. The number of halogens is 2. The Balaban J connectivity index is 2.00. The van der Waals surface area contributed by atoms with Crippen molar-refractivity contribution in [2.75, 3.05) is 13.1 Å². The Morgan fingerprint density at radius 1 is 1.04 bits per heavy atom. The van der Waals surface area contributed by atoms with E-state index in [0.717, 1.165) is 11.1 Å². The summed E-state index contributed by atoms with van der Waals surface area (Å²) in [5.41, 5.74) is 1.78. The number of amides is 1. The molecule has 0 aromatic heterocycles. The number of hydrogen-bond acceptors (Lipinski definition) is 3. The van der Waals surface area contributed by atoms with Crippen LogP contribution in [0, 0.1) is 3.57 Å². The normalized spacial score (nSPS) is 12.5. The summed E-state index contributed by atoms with van der Waals surface area (Å²) in [4.78, 5) is 11.7. The molecule has 1 amide bonds. The number of carbonyl (C=O) groups excluding carboxylic acids is 1. The molecule has 2 aromatic rings. The summed E-state index contributed by atoms with van der Waals surface area (Å²) < 4.78 is 6.43. The van der Waals surface area contributed by atoms with Crippen LogP contribution in [0.3, 0.4) is 0 Å². The SMILES string of the molecule is CC(C)(C)OC(=O)NCCNC(c1ccc(Cl)cc1)c1ccc(I)cc1. The van der Waals surface area contributed by atoms with E-state index < -0.39 is 11.7 Å². The molecule has 2 N–H and O–H groups in total. The topological polar surface area (TPSA) is 50.4 Å². The summed E-state index contributed by atoms with van der Waals surface area (Å²) in [6.07, 6.45) is -0.406. The van der Waals surface area contributed by atoms with Gasteiger partial charge in [-0.15, -0.1) is 0 Å². The third-order valence-electron chi connectivity index (χ3n) is 3.55. The summed E-state index contributed by atoms with van der Waals surface area (Å²) >= 11 is 8.31. The largest absolute Gasteiger partial charge is 0.444 e. The third kappa shape index (κ3) is 7.13. The minimum Gasteiger partial charge on any atom is -0.444 e. The van der Waals surface area contributed by atoms with Gasteiger partial charge in [0.25, 0.3) is 0 Å². The van der Waals surface area contributed by atoms with Crippen molar-refractivity contribution in [3.63, 3.8) is 0 Å². The molecule has 0 saturated carbocycles. The van der Waals surface area contributed by atoms with E-state index in [1.165, 1.54) is 3.57 Å². The maximum Gasteiger partial charge on any atom is 0.407 e. The quantitative estimate of drug-likeness (QED) is 0.439. The standard InChI is InChI=1S/C20H24ClIN2O2/c1-20(2,3)26-19(25)24-13-12-23-18(14-4-8-16(21)9-5-14)15-6-10-17(22)11-7-15/h4-11,18,23H,12-13H2,1-3H3,(H,24,25). The number of rotatable bonds is 6. The molecule has 0 saturated heterocycles. The molecular formula is C20H24ClIN2O2. The van der Waals surface area contributed by atoms with Gasteiger partial charge in [0.2, 0.25) is 0 Å². The maximum atomic E-state index is 11.7. The first-order valence-corrected chi connectivity index (χ1v) is 9.91. The van der Waals surface area contributed by atoms with E-state index in [-0.39, 0.29) is 6.04 Å². The second-order valence-corrected chi connectivity index (χ2v) is 8.60. The van der Waals surface area contributed by atoms with Gasteiger partial charge in [-0.3, -0.25) is 0 Å². The summed E-state index contributed by atoms with van der Waals surface area (Å²) in [5, 5.41) is 6.97. The van der Waals surface area contributed by atoms with E-state index in [2.05, 4.69) is 57.5 Å². The summed E-state index contributed by atoms with van der Waals surface area (Å²) in [6, 6.07) is 16.2. The molecule has 0 aliphatic heterocycles. The monoisotopic (exact) mass is 486 g/mol. The van der Waals surface area contributed by atoms with Crippen molar-refractivity contribution in [2.24, 2.45) is 0 Å². The predicted molar refractivity (Wildman–Crippen MR) is 115 cm³/mol. The Kier molecular flexibility index (Phi) is 7.73. The van der Waals surface area contributed by atoms with Gasteiger partial charge in [0, 0.05) is 21.7 Å². The molecule has 0 radical (unpaired) electrons. The van der Waals surface area contributed by atoms with Crippen LogP contribution < -0.4 is 10.6 Å². The molecule has 0 bridgehead atoms. The highest BCUT2D eigenvalue weighted by atomic mass is 127. The minimum absolute atomic E-state index is 0.0182. The first-order chi connectivity index (χ1) is 12.2. The van der Waals surface area contributed by atoms with Crippen molar-refractivity contribution in [2.45, 2.75) is 32.4 Å². The van der Waals surface area contributed by atoms with Crippen LogP contribution in [-0.4, -0.2) is 24.8 Å². The van der Waals surface area contributed by atoms with Crippen molar-refractivity contribution in [1.82, 2.24) is 10.6 Å². The van der Waals surface area contributed by atoms with E-state index in [0.29, 0.717) is 18.1 Å². The number of alkyl carbamates (subject to hydrolysis) is 1. The highest BCUT2D eigenvalue weighted by Gasteiger charge is 2.16. The molecule has 0 aliphatic rings. The lowest BCUT2D eigenvalue weighted by Gasteiger charge is -2.22. The highest BCUT2D eigenvalue weighted by Crippen LogP contribution is 2.24. The maximum absolute atomic E-state index is 11.7. The molecule has 4 nitrogen and oxygen atoms in total. The Morgan fingerprint density at radius 2 is 1.58 bits per heavy atom. The lowest BCUT2D eigenvalue weighted by Crippen LogP contribution is -2.37. The van der Waals surface area contributed by atoms with Crippen LogP contribution >= 0.6 is 34.2 Å². The molecule has 0 heterocycles. The van der Waals surface area contributed by atoms with Gasteiger partial charge in [0.05, 0.1) is 6.04 Å². The van der Waals surface area contributed by atoms with Crippen LogP contribution in [0.2, 0.25) is 5.02 Å². The molecule has 1 unspecified atom stereocenters. The summed E-state index contributed by atoms with van der Waals surface area (Å²) in [5.74, 6) is 0. The van der Waals surface area contributed by atoms with Crippen LogP contribution in [0.1, 0.15) is 37.9 Å². The van der Waals surface area contributed by atoms with Crippen molar-refractivity contribution in [3.8, 4) is 0 Å². The molecule has 0 fully saturated rings. The summed E-state index contributed by atoms with van der Waals surface area (Å²) in [6.45, 7) is 6.62. The second kappa shape index (κ2) is 9.58. The highest BCUT2D eigenvalue weighted by molar-refractivity contribution is 14.1. The van der Waals surface area contributed by atoms with E-state index in [1.54, 1.807) is 0 Å². The van der Waals surface area contributed by atoms with Gasteiger partial charge >= 0.3 is 6.09 Å². The predicted octanol–water partition coefficient (Wildman–Crippen LogP) is 5.15. The van der Waals surface area contributed by atoms with E-state index in [9.17, 15) is 4.79 Å². The molecule has 140 valence electrons. The van der Waals surface area contributed by atoms with Gasteiger partial charge < -0.3 is 15.4 Å². The van der Waals surface area contributed by atoms with E-state index >= 15 is 0 Å². The zero-order chi connectivity index (χ0) is 19.2. The van der Waals surface area contributed by atoms with Crippen molar-refractivity contribution >= 4 is 40.3 Å². The van der Waals surface area contributed by atoms with E-state index in [1.807, 2.05) is 45.0 Å². The molecule has 2 rings (SSSR count). The fourth-order valence-corrected chi connectivity index (χ4v) is 2.92. The number of ether oxygens (including phenoxy) is 1. The van der Waals surface area contributed by atoms with Gasteiger partial charge in [-0.25, -0.2) is 4.79 Å². The van der Waals surface area contributed by atoms with Gasteiger partial charge in [-0.05, 0) is 78.8 Å². The smallest absolute Gasteiger partial charge is 0.407 e. The van der Waals surface area contributed by atoms with Crippen LogP contribution in [-0.2, 0) is 4.74 Å². The minimum atomic E-state index is -0.495. The van der Waals surface area contributed by atoms with Crippen molar-refractivity contribution < 1.29 is 9.53 Å². The van der Waals surface area contributed by atoms with Crippen LogP contribution in [0.4, 0.5) is 4.79 Å². The Labute approximate surface area is 173 Å². The zero-order valence-corrected chi connectivity index (χ0v) is 18.1. The Bertz CT molecular complexity index is 667. The third-order valence-corrected chi connectivity index (χ3v) is 4.52. The van der Waals surface area contributed by atoms with Gasteiger partial charge in [-0.2, -0.15) is 0 Å². The first-order valence-electron chi connectivity index (χ1n) is 8.46. The molecule has 26 heavy (non-hydrogen) atoms. The molecule has 2 aromatic carbocycles. The molecule has 0 aliphatic carbocycles. The average molecular weight is 487 g/mol. The van der Waals surface area contributed by atoms with Crippen molar-refractivity contribution in [3.05, 3.63) is 68.3 Å². The lowest BCUT2D eigenvalue weighted by atomic mass is 9.99. The van der Waals surface area contributed by atoms with Gasteiger partial charge in [-0.1, -0.05) is 35.9 Å². The Hall–Kier alpha value is -1.31. The zero-order valence-electron chi connectivity index (χ0n) is 15.2. The number of benzene rings is 2. The van der Waals surface area contributed by atoms with Gasteiger partial charge in [0.1, 0.15) is 5.60 Å². The average Bonchev–Trinajstić information content (AvgIpc) is 2.56. The molecular weight excluding hydrogens is 463 g/mol. The van der Waals surface area contributed by atoms with E-state index in [4.69, 9.17) is 16.3 Å². The summed E-state index contributed by atoms with van der Waals surface area (Å²) in [7, 11) is 0. The fraction of sp³-hybridized carbons (Fsp3) is 0.350. The number of carbonyl (C=O) groups is 1. The molecule has 6 heteroatoms. The van der Waals surface area contributed by atoms with Crippen molar-refractivity contribution in [1.29, 1.82) is 0 Å². The Morgan fingerprint density at radius 3 is 2.12 bits per heavy atom. The van der Waals surface area contributed by atoms with Crippen LogP contribution in [0.15, 0.2) is 48.5 Å². The first kappa shape index (κ1) is 21.0. The number of hydrogen-bond donors (Lipinski definition) is 2. The van der Waals surface area contributed by atoms with Gasteiger partial charge in [0.15, 0.2) is 0 Å². The lowest BCUT2D eigenvalue weighted by molar-refractivity contribution is 0.0528. The molecule has 0 spiro atoms.